The monoisotopic (exact) mass is 275 g/mol. The molecule has 1 heterocycles. The van der Waals surface area contributed by atoms with Crippen LogP contribution < -0.4 is 11.1 Å². The fourth-order valence-corrected chi connectivity index (χ4v) is 2.89. The van der Waals surface area contributed by atoms with E-state index >= 15 is 0 Å². The van der Waals surface area contributed by atoms with Gasteiger partial charge in [-0.25, -0.2) is 0 Å². The lowest BCUT2D eigenvalue weighted by molar-refractivity contribution is -0.452. The Morgan fingerprint density at radius 2 is 2.10 bits per heavy atom. The molecule has 0 radical (unpaired) electrons. The van der Waals surface area contributed by atoms with E-state index in [9.17, 15) is 5.21 Å². The third-order valence-corrected chi connectivity index (χ3v) is 4.32. The minimum absolute atomic E-state index is 0.500. The van der Waals surface area contributed by atoms with Crippen LogP contribution in [0.3, 0.4) is 0 Å². The summed E-state index contributed by atoms with van der Waals surface area (Å²) in [6.45, 7) is 1.91. The first-order chi connectivity index (χ1) is 9.42. The number of hydrogen-bond donors (Lipinski definition) is 2. The molecule has 0 saturated carbocycles. The van der Waals surface area contributed by atoms with Gasteiger partial charge >= 0.3 is 0 Å². The van der Waals surface area contributed by atoms with Crippen molar-refractivity contribution < 1.29 is 4.86 Å². The van der Waals surface area contributed by atoms with Gasteiger partial charge in [-0.15, -0.1) is 0 Å². The second-order valence-corrected chi connectivity index (χ2v) is 5.94. The van der Waals surface area contributed by atoms with Crippen LogP contribution >= 0.6 is 0 Å². The van der Waals surface area contributed by atoms with Crippen molar-refractivity contribution in [2.75, 3.05) is 19.4 Å². The maximum absolute atomic E-state index is 12.1. The summed E-state index contributed by atoms with van der Waals surface area (Å²) in [5.41, 5.74) is 9.95. The Kier molecular flexibility index (Phi) is 2.95. The zero-order chi connectivity index (χ0) is 14.5. The van der Waals surface area contributed by atoms with Crippen molar-refractivity contribution in [2.45, 2.75) is 38.0 Å². The molecule has 3 N–H and O–H groups in total. The minimum Gasteiger partial charge on any atom is -0.594 e. The number of nitrogens with one attached hydrogen (secondary N) is 1. The molecule has 1 aromatic rings. The molecule has 0 saturated heterocycles. The standard InChI is InChI=1S/C14H21N5O/c1-4-14(15)16-12-7-9-5-11(18(2)3)6-10(9)8-13(12)19(20)17-14/h7-8,11,16H,4-6,15H2,1-3H3. The Balaban J connectivity index is 2.00. The van der Waals surface area contributed by atoms with Crippen molar-refractivity contribution in [2.24, 2.45) is 10.8 Å². The Labute approximate surface area is 118 Å². The number of hydrogen-bond acceptors (Lipinski definition) is 5. The molecule has 0 bridgehead atoms. The van der Waals surface area contributed by atoms with Crippen LogP contribution in [0.25, 0.3) is 0 Å². The van der Waals surface area contributed by atoms with E-state index in [4.69, 9.17) is 5.73 Å². The highest BCUT2D eigenvalue weighted by Gasteiger charge is 2.36. The number of nitrogens with two attached hydrogens (primary N) is 1. The molecule has 2 atom stereocenters. The molecule has 2 unspecified atom stereocenters. The fraction of sp³-hybridized carbons (Fsp3) is 0.571. The Morgan fingerprint density at radius 1 is 1.45 bits per heavy atom. The van der Waals surface area contributed by atoms with Crippen LogP contribution in [0.15, 0.2) is 17.2 Å². The molecule has 0 fully saturated rings. The Hall–Kier alpha value is -1.66. The van der Waals surface area contributed by atoms with E-state index in [0.29, 0.717) is 23.0 Å². The topological polar surface area (TPSA) is 79.7 Å². The van der Waals surface area contributed by atoms with E-state index in [0.717, 1.165) is 18.5 Å². The molecule has 1 aromatic carbocycles. The van der Waals surface area contributed by atoms with E-state index in [1.807, 2.05) is 13.0 Å². The summed E-state index contributed by atoms with van der Waals surface area (Å²) in [5.74, 6) is -0.997. The van der Waals surface area contributed by atoms with Crippen LogP contribution in [0.1, 0.15) is 24.5 Å². The zero-order valence-electron chi connectivity index (χ0n) is 12.2. The molecule has 6 heteroatoms. The SMILES string of the molecule is CCC1(N)N=[N+]([O-])c2cc3c(cc2N1)CC(N(C)C)C3. The van der Waals surface area contributed by atoms with Gasteiger partial charge in [-0.1, -0.05) is 6.92 Å². The number of nitrogens with zero attached hydrogens (tertiary/aromatic N) is 3. The van der Waals surface area contributed by atoms with Gasteiger partial charge in [-0.2, -0.15) is 0 Å². The number of rotatable bonds is 2. The molecular weight excluding hydrogens is 254 g/mol. The average molecular weight is 275 g/mol. The van der Waals surface area contributed by atoms with E-state index in [1.165, 1.54) is 11.1 Å². The van der Waals surface area contributed by atoms with Crippen molar-refractivity contribution in [1.82, 2.24) is 4.90 Å². The van der Waals surface area contributed by atoms with Gasteiger partial charge in [0.25, 0.3) is 5.69 Å². The Morgan fingerprint density at radius 3 is 2.70 bits per heavy atom. The minimum atomic E-state index is -0.997. The van der Waals surface area contributed by atoms with E-state index < -0.39 is 5.79 Å². The van der Waals surface area contributed by atoms with Gasteiger partial charge < -0.3 is 15.4 Å². The molecule has 1 aliphatic carbocycles. The van der Waals surface area contributed by atoms with E-state index in [-0.39, 0.29) is 0 Å². The summed E-state index contributed by atoms with van der Waals surface area (Å²) in [5, 5.41) is 19.3. The lowest BCUT2D eigenvalue weighted by atomic mass is 10.1. The van der Waals surface area contributed by atoms with Gasteiger partial charge in [-0.05, 0) is 49.0 Å². The Bertz CT molecular complexity index is 583. The number of benzene rings is 1. The summed E-state index contributed by atoms with van der Waals surface area (Å²) in [4.78, 5) is 2.89. The quantitative estimate of drug-likeness (QED) is 0.636. The molecule has 6 nitrogen and oxygen atoms in total. The lowest BCUT2D eigenvalue weighted by Gasteiger charge is -2.27. The normalized spacial score (nSPS) is 27.9. The second kappa shape index (κ2) is 4.43. The smallest absolute Gasteiger partial charge is 0.267 e. The maximum Gasteiger partial charge on any atom is 0.267 e. The van der Waals surface area contributed by atoms with Crippen molar-refractivity contribution in [1.29, 1.82) is 0 Å². The highest BCUT2D eigenvalue weighted by atomic mass is 16.5. The third-order valence-electron chi connectivity index (χ3n) is 4.32. The largest absolute Gasteiger partial charge is 0.594 e. The molecule has 0 amide bonds. The number of anilines is 1. The van der Waals surface area contributed by atoms with Gasteiger partial charge in [0.05, 0.1) is 0 Å². The van der Waals surface area contributed by atoms with E-state index in [1.54, 1.807) is 0 Å². The predicted molar refractivity (Wildman–Crippen MR) is 77.9 cm³/mol. The summed E-state index contributed by atoms with van der Waals surface area (Å²) < 4.78 is 0. The molecule has 108 valence electrons. The van der Waals surface area contributed by atoms with Crippen LogP contribution in [-0.4, -0.2) is 35.7 Å². The van der Waals surface area contributed by atoms with E-state index in [2.05, 4.69) is 35.5 Å². The van der Waals surface area contributed by atoms with Crippen molar-refractivity contribution in [3.05, 3.63) is 28.5 Å². The lowest BCUT2D eigenvalue weighted by Crippen LogP contribution is -2.47. The first-order valence-electron chi connectivity index (χ1n) is 7.01. The third kappa shape index (κ3) is 2.05. The summed E-state index contributed by atoms with van der Waals surface area (Å²) >= 11 is 0. The zero-order valence-corrected chi connectivity index (χ0v) is 12.2. The van der Waals surface area contributed by atoms with Crippen molar-refractivity contribution in [3.8, 4) is 0 Å². The molecule has 3 rings (SSSR count). The van der Waals surface area contributed by atoms with Crippen LogP contribution in [-0.2, 0) is 12.8 Å². The van der Waals surface area contributed by atoms with Crippen LogP contribution in [0.2, 0.25) is 0 Å². The maximum atomic E-state index is 12.1. The van der Waals surface area contributed by atoms with Gasteiger partial charge in [-0.3, -0.25) is 5.73 Å². The summed E-state index contributed by atoms with van der Waals surface area (Å²) in [6.07, 6.45) is 2.55. The van der Waals surface area contributed by atoms with Gasteiger partial charge in [0.15, 0.2) is 0 Å². The second-order valence-electron chi connectivity index (χ2n) is 5.94. The van der Waals surface area contributed by atoms with Gasteiger partial charge in [0, 0.05) is 23.6 Å². The average Bonchev–Trinajstić information content (AvgIpc) is 2.79. The molecular formula is C14H21N5O. The van der Waals surface area contributed by atoms with Gasteiger partial charge in [0.1, 0.15) is 5.69 Å². The highest BCUT2D eigenvalue weighted by Crippen LogP contribution is 2.38. The summed E-state index contributed by atoms with van der Waals surface area (Å²) in [7, 11) is 4.18. The number of azo groups is 1. The number of fused-ring (bicyclic) bond motifs is 2. The van der Waals surface area contributed by atoms with Gasteiger partial charge in [0.2, 0.25) is 5.79 Å². The molecule has 0 spiro atoms. The molecule has 1 aliphatic heterocycles. The summed E-state index contributed by atoms with van der Waals surface area (Å²) in [6, 6.07) is 4.51. The van der Waals surface area contributed by atoms with Crippen LogP contribution in [0, 0.1) is 5.21 Å². The first kappa shape index (κ1) is 13.3. The molecule has 0 aromatic heterocycles. The van der Waals surface area contributed by atoms with Crippen molar-refractivity contribution >= 4 is 11.4 Å². The molecule has 2 aliphatic rings. The predicted octanol–water partition coefficient (Wildman–Crippen LogP) is 1.76. The van der Waals surface area contributed by atoms with Crippen LogP contribution in [0.5, 0.6) is 0 Å². The number of likely N-dealkylation sites (N-methyl/N-ethyl adjacent to an activating group) is 1. The highest BCUT2D eigenvalue weighted by molar-refractivity contribution is 5.67. The van der Waals surface area contributed by atoms with Crippen molar-refractivity contribution in [3.63, 3.8) is 0 Å². The fourth-order valence-electron chi connectivity index (χ4n) is 2.89. The van der Waals surface area contributed by atoms with Crippen LogP contribution in [0.4, 0.5) is 11.4 Å². The molecule has 20 heavy (non-hydrogen) atoms. The first-order valence-corrected chi connectivity index (χ1v) is 7.01.